The average Bonchev–Trinajstić information content (AvgIpc) is 2.91. The molecule has 0 aromatic heterocycles. The van der Waals surface area contributed by atoms with Gasteiger partial charge in [0.05, 0.1) is 0 Å². The van der Waals surface area contributed by atoms with E-state index < -0.39 is 5.54 Å². The van der Waals surface area contributed by atoms with E-state index in [2.05, 4.69) is 10.6 Å². The van der Waals surface area contributed by atoms with E-state index in [1.54, 1.807) is 0 Å². The molecule has 24 heavy (non-hydrogen) atoms. The fourth-order valence-electron chi connectivity index (χ4n) is 3.07. The van der Waals surface area contributed by atoms with Crippen LogP contribution < -0.4 is 22.1 Å². The van der Waals surface area contributed by atoms with Crippen LogP contribution in [0.15, 0.2) is 48.5 Å². The molecule has 126 valence electrons. The van der Waals surface area contributed by atoms with Crippen molar-refractivity contribution < 1.29 is 4.79 Å². The first-order valence-corrected chi connectivity index (χ1v) is 8.13. The molecule has 3 rings (SSSR count). The summed E-state index contributed by atoms with van der Waals surface area (Å²) in [5, 5.41) is 6.29. The van der Waals surface area contributed by atoms with E-state index >= 15 is 0 Å². The largest absolute Gasteiger partial charge is 0.399 e. The van der Waals surface area contributed by atoms with E-state index in [0.717, 1.165) is 16.8 Å². The summed E-state index contributed by atoms with van der Waals surface area (Å²) in [6.07, 6.45) is 0. The van der Waals surface area contributed by atoms with Crippen LogP contribution in [-0.2, 0) is 4.79 Å². The maximum absolute atomic E-state index is 12.8. The second kappa shape index (κ2) is 6.17. The molecule has 1 heterocycles. The molecule has 2 aromatic carbocycles. The molecule has 2 aromatic rings. The number of carbonyl (C=O) groups is 1. The molecule has 5 nitrogen and oxygen atoms in total. The van der Waals surface area contributed by atoms with Crippen LogP contribution in [0.1, 0.15) is 30.9 Å². The molecule has 2 atom stereocenters. The number of rotatable bonds is 4. The van der Waals surface area contributed by atoms with Gasteiger partial charge in [-0.3, -0.25) is 4.79 Å². The molecule has 0 radical (unpaired) electrons. The summed E-state index contributed by atoms with van der Waals surface area (Å²) < 4.78 is 0. The fraction of sp³-hybridized carbons (Fsp3) is 0.316. The van der Waals surface area contributed by atoms with E-state index in [1.165, 1.54) is 0 Å². The summed E-state index contributed by atoms with van der Waals surface area (Å²) in [7, 11) is 0. The lowest BCUT2D eigenvalue weighted by Gasteiger charge is -2.24. The third-order valence-electron chi connectivity index (χ3n) is 4.21. The maximum atomic E-state index is 12.8. The zero-order chi connectivity index (χ0) is 17.3. The minimum Gasteiger partial charge on any atom is -0.399 e. The highest BCUT2D eigenvalue weighted by Gasteiger charge is 2.38. The maximum Gasteiger partial charge on any atom is 0.243 e. The molecule has 0 fully saturated rings. The number of benzene rings is 2. The Kier molecular flexibility index (Phi) is 4.20. The number of carbonyl (C=O) groups excluding carboxylic acids is 1. The zero-order valence-corrected chi connectivity index (χ0v) is 14.0. The van der Waals surface area contributed by atoms with Gasteiger partial charge in [0.2, 0.25) is 5.91 Å². The van der Waals surface area contributed by atoms with Crippen molar-refractivity contribution in [3.8, 4) is 0 Å². The van der Waals surface area contributed by atoms with Gasteiger partial charge in [-0.25, -0.2) is 0 Å². The summed E-state index contributed by atoms with van der Waals surface area (Å²) >= 11 is 0. The normalized spacial score (nSPS) is 19.5. The van der Waals surface area contributed by atoms with Crippen LogP contribution in [0.3, 0.4) is 0 Å². The minimum atomic E-state index is -0.451. The van der Waals surface area contributed by atoms with Gasteiger partial charge in [-0.1, -0.05) is 30.3 Å². The van der Waals surface area contributed by atoms with E-state index in [-0.39, 0.29) is 17.9 Å². The van der Waals surface area contributed by atoms with Crippen molar-refractivity contribution in [3.05, 3.63) is 59.7 Å². The van der Waals surface area contributed by atoms with Crippen molar-refractivity contribution in [2.75, 3.05) is 17.6 Å². The molecule has 1 amide bonds. The van der Waals surface area contributed by atoms with Crippen LogP contribution in [0, 0.1) is 0 Å². The first-order valence-electron chi connectivity index (χ1n) is 8.13. The van der Waals surface area contributed by atoms with E-state index in [9.17, 15) is 4.79 Å². The number of hydrogen-bond donors (Lipinski definition) is 4. The van der Waals surface area contributed by atoms with E-state index in [4.69, 9.17) is 11.5 Å². The molecule has 2 unspecified atom stereocenters. The highest BCUT2D eigenvalue weighted by atomic mass is 16.2. The number of hydrogen-bond acceptors (Lipinski definition) is 4. The van der Waals surface area contributed by atoms with Crippen molar-refractivity contribution in [2.24, 2.45) is 5.73 Å². The second-order valence-electron chi connectivity index (χ2n) is 7.06. The highest BCUT2D eigenvalue weighted by Crippen LogP contribution is 2.41. The van der Waals surface area contributed by atoms with Crippen LogP contribution >= 0.6 is 0 Å². The number of fused-ring (bicyclic) bond motifs is 1. The molecule has 0 aliphatic carbocycles. The predicted octanol–water partition coefficient (Wildman–Crippen LogP) is 2.05. The zero-order valence-electron chi connectivity index (χ0n) is 14.0. The van der Waals surface area contributed by atoms with Crippen molar-refractivity contribution in [3.63, 3.8) is 0 Å². The molecular formula is C19H24N4O. The molecular weight excluding hydrogens is 300 g/mol. The number of nitrogens with two attached hydrogens (primary N) is 2. The first kappa shape index (κ1) is 16.3. The van der Waals surface area contributed by atoms with Gasteiger partial charge in [0.1, 0.15) is 6.04 Å². The van der Waals surface area contributed by atoms with Gasteiger partial charge >= 0.3 is 0 Å². The van der Waals surface area contributed by atoms with Crippen LogP contribution in [-0.4, -0.2) is 24.0 Å². The lowest BCUT2D eigenvalue weighted by Crippen LogP contribution is -2.49. The molecule has 1 aliphatic rings. The van der Waals surface area contributed by atoms with Crippen LogP contribution in [0.4, 0.5) is 11.4 Å². The van der Waals surface area contributed by atoms with Crippen molar-refractivity contribution >= 4 is 17.3 Å². The topological polar surface area (TPSA) is 93.2 Å². The quantitative estimate of drug-likeness (QED) is 0.648. The van der Waals surface area contributed by atoms with Gasteiger partial charge in [0, 0.05) is 29.4 Å². The fourth-order valence-corrected chi connectivity index (χ4v) is 3.07. The van der Waals surface area contributed by atoms with Crippen LogP contribution in [0.5, 0.6) is 0 Å². The summed E-state index contributed by atoms with van der Waals surface area (Å²) in [5.74, 6) is -0.136. The Morgan fingerprint density at radius 2 is 1.92 bits per heavy atom. The Morgan fingerprint density at radius 1 is 1.21 bits per heavy atom. The molecule has 5 heteroatoms. The first-order chi connectivity index (χ1) is 11.3. The monoisotopic (exact) mass is 324 g/mol. The molecule has 0 saturated heterocycles. The third kappa shape index (κ3) is 3.36. The standard InChI is InChI=1S/C19H24N4O/c1-19(2,21)11-22-18(24)17-16(12-6-4-3-5-7-12)14-10-13(20)8-9-15(14)23-17/h3-10,16-17,23H,11,20-21H2,1-2H3,(H,22,24). The molecule has 0 saturated carbocycles. The number of nitrogens with one attached hydrogen (secondary N) is 2. The minimum absolute atomic E-state index is 0.0582. The molecule has 1 aliphatic heterocycles. The Labute approximate surface area is 142 Å². The number of nitrogen functional groups attached to an aromatic ring is 1. The summed E-state index contributed by atoms with van der Waals surface area (Å²) in [4.78, 5) is 12.8. The smallest absolute Gasteiger partial charge is 0.243 e. The SMILES string of the molecule is CC(C)(N)CNC(=O)C1Nc2ccc(N)cc2C1c1ccccc1. The average molecular weight is 324 g/mol. The van der Waals surface area contributed by atoms with Gasteiger partial charge in [-0.15, -0.1) is 0 Å². The Balaban J connectivity index is 1.93. The van der Waals surface area contributed by atoms with Gasteiger partial charge in [0.15, 0.2) is 0 Å². The second-order valence-corrected chi connectivity index (χ2v) is 7.06. The molecule has 0 spiro atoms. The predicted molar refractivity (Wildman–Crippen MR) is 97.8 cm³/mol. The lowest BCUT2D eigenvalue weighted by atomic mass is 9.87. The van der Waals surface area contributed by atoms with Crippen molar-refractivity contribution in [2.45, 2.75) is 31.3 Å². The number of anilines is 2. The van der Waals surface area contributed by atoms with Crippen molar-refractivity contribution in [1.29, 1.82) is 0 Å². The summed E-state index contributed by atoms with van der Waals surface area (Å²) in [6, 6.07) is 15.4. The van der Waals surface area contributed by atoms with Gasteiger partial charge in [0.25, 0.3) is 0 Å². The summed E-state index contributed by atoms with van der Waals surface area (Å²) in [6.45, 7) is 4.20. The highest BCUT2D eigenvalue weighted by molar-refractivity contribution is 5.90. The van der Waals surface area contributed by atoms with Crippen molar-refractivity contribution in [1.82, 2.24) is 5.32 Å². The molecule has 6 N–H and O–H groups in total. The Hall–Kier alpha value is -2.53. The van der Waals surface area contributed by atoms with Crippen LogP contribution in [0.25, 0.3) is 0 Å². The van der Waals surface area contributed by atoms with Crippen LogP contribution in [0.2, 0.25) is 0 Å². The Morgan fingerprint density at radius 3 is 2.58 bits per heavy atom. The lowest BCUT2D eigenvalue weighted by molar-refractivity contribution is -0.122. The third-order valence-corrected chi connectivity index (χ3v) is 4.21. The van der Waals surface area contributed by atoms with Gasteiger partial charge < -0.3 is 22.1 Å². The van der Waals surface area contributed by atoms with E-state index in [0.29, 0.717) is 12.2 Å². The Bertz CT molecular complexity index is 737. The van der Waals surface area contributed by atoms with Gasteiger partial charge in [-0.2, -0.15) is 0 Å². The van der Waals surface area contributed by atoms with Gasteiger partial charge in [-0.05, 0) is 43.2 Å². The number of amides is 1. The molecule has 0 bridgehead atoms. The van der Waals surface area contributed by atoms with E-state index in [1.807, 2.05) is 62.4 Å². The summed E-state index contributed by atoms with van der Waals surface area (Å²) in [5.41, 5.74) is 15.3.